The van der Waals surface area contributed by atoms with Crippen LogP contribution in [0.5, 0.6) is 0 Å². The second-order valence-electron chi connectivity index (χ2n) is 15.0. The Bertz CT molecular complexity index is 3560. The largest absolute Gasteiger partial charge is 0.369 e. The summed E-state index contributed by atoms with van der Waals surface area (Å²) in [6.07, 6.45) is 0. The number of aromatic nitrogens is 6. The molecule has 3 N–H and O–H groups in total. The number of imidazole rings is 2. The smallest absolute Gasteiger partial charge is 0.214 e. The summed E-state index contributed by atoms with van der Waals surface area (Å²) in [5, 5.41) is 7.14. The van der Waals surface area contributed by atoms with E-state index in [2.05, 4.69) is 107 Å². The zero-order valence-electron chi connectivity index (χ0n) is 34.7. The van der Waals surface area contributed by atoms with E-state index in [0.29, 0.717) is 16.9 Å². The molecule has 0 aliphatic carbocycles. The molecule has 0 bridgehead atoms. The molecule has 12 aromatic rings. The van der Waals surface area contributed by atoms with E-state index in [1.807, 2.05) is 162 Å². The molecule has 0 amide bonds. The number of nitrogens with two attached hydrogens (primary N) is 1. The highest BCUT2D eigenvalue weighted by Gasteiger charge is 2.21. The number of fused-ring (bicyclic) bond motifs is 4. The minimum absolute atomic E-state index is 0.521. The molecule has 0 aliphatic rings. The molecule has 0 radical (unpaired) electrons. The van der Waals surface area contributed by atoms with Crippen molar-refractivity contribution in [2.75, 3.05) is 11.1 Å². The van der Waals surface area contributed by atoms with Crippen LogP contribution in [-0.4, -0.2) is 28.2 Å². The maximum Gasteiger partial charge on any atom is 0.214 e. The van der Waals surface area contributed by atoms with Crippen LogP contribution in [0.3, 0.4) is 0 Å². The van der Waals surface area contributed by atoms with Gasteiger partial charge in [0, 0.05) is 33.5 Å². The van der Waals surface area contributed by atoms with Crippen molar-refractivity contribution in [3.8, 4) is 22.7 Å². The molecular formula is C54H39Cl2IN8. The molecule has 11 heteroatoms. The van der Waals surface area contributed by atoms with Crippen LogP contribution in [0.4, 0.5) is 17.7 Å². The highest BCUT2D eigenvalue weighted by atomic mass is 127. The lowest BCUT2D eigenvalue weighted by molar-refractivity contribution is 1.06. The standard InChI is InChI=1S/C27H19ClN4.C14H9ClIN.C13H11N3/c28-25-21-15-7-9-17-23(21)31(19-11-3-1-4-12-19)26(25)30-27-29-22-16-8-10-18-24(22)32(27)20-13-5-2-6-14-20;15-13-11-8-4-5-9-12(11)17(14(13)16)10-6-2-1-3-7-10;14-13-15-11-8-4-5-9-12(11)16(13)10-6-2-1-3-7-10/h1-18H,(H,29,30);1-9H;1-9H,(H2,14,15). The number of rotatable bonds is 6. The minimum atomic E-state index is 0.521. The summed E-state index contributed by atoms with van der Waals surface area (Å²) in [5.74, 6) is 2.01. The van der Waals surface area contributed by atoms with E-state index in [1.54, 1.807) is 0 Å². The first-order valence-electron chi connectivity index (χ1n) is 20.9. The number of hydrogen-bond acceptors (Lipinski definition) is 4. The van der Waals surface area contributed by atoms with Gasteiger partial charge in [0.25, 0.3) is 0 Å². The number of nitrogens with one attached hydrogen (secondary N) is 1. The lowest BCUT2D eigenvalue weighted by Gasteiger charge is -2.14. The molecule has 4 aromatic heterocycles. The summed E-state index contributed by atoms with van der Waals surface area (Å²) in [7, 11) is 0. The fraction of sp³-hybridized carbons (Fsp3) is 0. The highest BCUT2D eigenvalue weighted by Crippen LogP contribution is 2.40. The maximum atomic E-state index is 6.94. The van der Waals surface area contributed by atoms with Crippen molar-refractivity contribution in [3.63, 3.8) is 0 Å². The Kier molecular flexibility index (Phi) is 11.8. The van der Waals surface area contributed by atoms with E-state index in [0.717, 1.165) is 81.2 Å². The molecule has 0 spiro atoms. The van der Waals surface area contributed by atoms with Crippen molar-refractivity contribution in [3.05, 3.63) is 232 Å². The Labute approximate surface area is 398 Å². The van der Waals surface area contributed by atoms with E-state index in [1.165, 1.54) is 0 Å². The minimum Gasteiger partial charge on any atom is -0.369 e. The fourth-order valence-electron chi connectivity index (χ4n) is 8.10. The average molecular weight is 998 g/mol. The molecule has 12 rings (SSSR count). The van der Waals surface area contributed by atoms with Crippen LogP contribution in [0, 0.1) is 3.70 Å². The number of benzene rings is 8. The average Bonchev–Trinajstić information content (AvgIpc) is 4.07. The summed E-state index contributed by atoms with van der Waals surface area (Å²) in [5.41, 5.74) is 16.2. The van der Waals surface area contributed by atoms with Crippen molar-refractivity contribution in [1.29, 1.82) is 0 Å². The zero-order valence-corrected chi connectivity index (χ0v) is 38.3. The van der Waals surface area contributed by atoms with Gasteiger partial charge in [-0.1, -0.05) is 157 Å². The maximum absolute atomic E-state index is 6.94. The molecule has 4 heterocycles. The molecule has 8 aromatic carbocycles. The first-order chi connectivity index (χ1) is 32.0. The van der Waals surface area contributed by atoms with Crippen molar-refractivity contribution in [2.45, 2.75) is 0 Å². The molecule has 0 unspecified atom stereocenters. The van der Waals surface area contributed by atoms with Crippen LogP contribution in [0.15, 0.2) is 218 Å². The molecule has 0 saturated heterocycles. The van der Waals surface area contributed by atoms with Crippen LogP contribution in [-0.2, 0) is 0 Å². The zero-order chi connectivity index (χ0) is 44.3. The van der Waals surface area contributed by atoms with Crippen molar-refractivity contribution >= 4 is 107 Å². The van der Waals surface area contributed by atoms with E-state index in [9.17, 15) is 0 Å². The Hall–Kier alpha value is -7.31. The lowest BCUT2D eigenvalue weighted by atomic mass is 10.2. The van der Waals surface area contributed by atoms with Crippen molar-refractivity contribution in [2.24, 2.45) is 0 Å². The number of anilines is 3. The van der Waals surface area contributed by atoms with Gasteiger partial charge in [0.1, 0.15) is 9.52 Å². The summed E-state index contributed by atoms with van der Waals surface area (Å²) in [4.78, 5) is 9.24. The first-order valence-corrected chi connectivity index (χ1v) is 22.7. The lowest BCUT2D eigenvalue weighted by Crippen LogP contribution is -2.06. The normalized spacial score (nSPS) is 11.1. The monoisotopic (exact) mass is 996 g/mol. The Morgan fingerprint density at radius 2 is 0.754 bits per heavy atom. The third-order valence-corrected chi connectivity index (χ3v) is 13.1. The fourth-order valence-corrected chi connectivity index (χ4v) is 9.47. The third kappa shape index (κ3) is 8.10. The number of nitrogen functional groups attached to an aromatic ring is 1. The number of halogens is 3. The first kappa shape index (κ1) is 41.7. The second kappa shape index (κ2) is 18.4. The molecule has 0 atom stereocenters. The molecule has 0 aliphatic heterocycles. The number of hydrogen-bond donors (Lipinski definition) is 2. The number of para-hydroxylation sites is 10. The summed E-state index contributed by atoms with van der Waals surface area (Å²) < 4.78 is 9.45. The molecule has 0 saturated carbocycles. The van der Waals surface area contributed by atoms with Crippen LogP contribution in [0.25, 0.3) is 66.6 Å². The SMILES string of the molecule is Clc1c(I)n(-c2ccccc2)c2ccccc12.Clc1c(Nc2nc3ccccc3n2-c2ccccc2)n(-c2ccccc2)c2ccccc12.Nc1nc2ccccc2n1-c1ccccc1. The molecule has 316 valence electrons. The molecule has 0 fully saturated rings. The van der Waals surface area contributed by atoms with Gasteiger partial charge in [0.2, 0.25) is 11.9 Å². The topological polar surface area (TPSA) is 83.6 Å². The van der Waals surface area contributed by atoms with E-state index in [4.69, 9.17) is 33.9 Å². The molecule has 65 heavy (non-hydrogen) atoms. The van der Waals surface area contributed by atoms with Crippen LogP contribution >= 0.6 is 45.8 Å². The molecule has 8 nitrogen and oxygen atoms in total. The van der Waals surface area contributed by atoms with Gasteiger partial charge in [0.05, 0.1) is 43.1 Å². The van der Waals surface area contributed by atoms with E-state index < -0.39 is 0 Å². The Morgan fingerprint density at radius 3 is 1.29 bits per heavy atom. The van der Waals surface area contributed by atoms with Gasteiger partial charge in [-0.15, -0.1) is 0 Å². The predicted molar refractivity (Wildman–Crippen MR) is 279 cm³/mol. The van der Waals surface area contributed by atoms with Crippen LogP contribution < -0.4 is 11.1 Å². The van der Waals surface area contributed by atoms with E-state index in [-0.39, 0.29) is 0 Å². The van der Waals surface area contributed by atoms with Gasteiger partial charge in [0.15, 0.2) is 0 Å². The summed E-state index contributed by atoms with van der Waals surface area (Å²) >= 11 is 15.6. The highest BCUT2D eigenvalue weighted by molar-refractivity contribution is 14.1. The summed E-state index contributed by atoms with van der Waals surface area (Å²) in [6, 6.07) is 73.1. The van der Waals surface area contributed by atoms with Crippen LogP contribution in [0.2, 0.25) is 10.0 Å². The number of nitrogens with zero attached hydrogens (tertiary/aromatic N) is 6. The van der Waals surface area contributed by atoms with Gasteiger partial charge < -0.3 is 15.6 Å². The van der Waals surface area contributed by atoms with Gasteiger partial charge in [-0.05, 0) is 108 Å². The molecular weight excluding hydrogens is 958 g/mol. The third-order valence-electron chi connectivity index (χ3n) is 11.0. The van der Waals surface area contributed by atoms with Gasteiger partial charge in [-0.25, -0.2) is 9.97 Å². The van der Waals surface area contributed by atoms with E-state index >= 15 is 0 Å². The van der Waals surface area contributed by atoms with Gasteiger partial charge in [-0.2, -0.15) is 0 Å². The summed E-state index contributed by atoms with van der Waals surface area (Å²) in [6.45, 7) is 0. The Balaban J connectivity index is 0.000000127. The second-order valence-corrected chi connectivity index (χ2v) is 16.8. The Morgan fingerprint density at radius 1 is 0.385 bits per heavy atom. The van der Waals surface area contributed by atoms with Gasteiger partial charge >= 0.3 is 0 Å². The van der Waals surface area contributed by atoms with Crippen molar-refractivity contribution in [1.82, 2.24) is 28.2 Å². The van der Waals surface area contributed by atoms with Crippen LogP contribution in [0.1, 0.15) is 0 Å². The van der Waals surface area contributed by atoms with Gasteiger partial charge in [-0.3, -0.25) is 13.7 Å². The quantitative estimate of drug-likeness (QED) is 0.163. The van der Waals surface area contributed by atoms with Crippen molar-refractivity contribution < 1.29 is 0 Å². The predicted octanol–water partition coefficient (Wildman–Crippen LogP) is 14.9.